The number of hydrogen-bond donors (Lipinski definition) is 0. The van der Waals surface area contributed by atoms with Crippen molar-refractivity contribution >= 4 is 34.2 Å². The normalized spacial score (nSPS) is 21.4. The summed E-state index contributed by atoms with van der Waals surface area (Å²) in [5.74, 6) is 1.18. The highest BCUT2D eigenvalue weighted by atomic mass is 127. The molecule has 0 saturated carbocycles. The van der Waals surface area contributed by atoms with E-state index in [9.17, 15) is 9.59 Å². The van der Waals surface area contributed by atoms with Crippen LogP contribution in [0, 0.1) is 5.92 Å². The molecule has 4 heteroatoms. The van der Waals surface area contributed by atoms with Crippen LogP contribution >= 0.6 is 22.6 Å². The van der Waals surface area contributed by atoms with Gasteiger partial charge in [0.25, 0.3) is 0 Å². The lowest BCUT2D eigenvalue weighted by molar-refractivity contribution is 0.0877. The average Bonchev–Trinajstić information content (AvgIpc) is 2.96. The quantitative estimate of drug-likeness (QED) is 0.166. The third-order valence-electron chi connectivity index (χ3n) is 8.52. The maximum Gasteiger partial charge on any atom is 0.166 e. The van der Waals surface area contributed by atoms with Gasteiger partial charge in [-0.15, -0.1) is 0 Å². The van der Waals surface area contributed by atoms with E-state index in [-0.39, 0.29) is 17.5 Å². The SMILES string of the molecule is O=C(CCC(I)C1=CCCC=C1)c1cccc2c1CCC(CCN1CCC(c3ccccc3)CC1)C2=O. The standard InChI is InChI=1S/C33H38INO2/c34-31(26-10-5-2-6-11-26)16-17-32(36)29-12-7-13-30-28(29)15-14-27(33(30)37)20-23-35-21-18-25(19-22-35)24-8-3-1-4-9-24/h1,3-5,7-13,25,27,31H,2,6,14-23H2. The summed E-state index contributed by atoms with van der Waals surface area (Å²) in [5.41, 5.74) is 5.39. The second-order valence-electron chi connectivity index (χ2n) is 10.9. The number of halogens is 1. The summed E-state index contributed by atoms with van der Waals surface area (Å²) in [6.07, 6.45) is 15.3. The monoisotopic (exact) mass is 607 g/mol. The fourth-order valence-electron chi connectivity index (χ4n) is 6.27. The summed E-state index contributed by atoms with van der Waals surface area (Å²) in [6, 6.07) is 16.7. The minimum Gasteiger partial charge on any atom is -0.303 e. The Morgan fingerprint density at radius 1 is 1.00 bits per heavy atom. The number of fused-ring (bicyclic) bond motifs is 1. The first-order valence-electron chi connectivity index (χ1n) is 14.1. The van der Waals surface area contributed by atoms with E-state index in [2.05, 4.69) is 76.1 Å². The largest absolute Gasteiger partial charge is 0.303 e. The van der Waals surface area contributed by atoms with Crippen LogP contribution in [-0.2, 0) is 6.42 Å². The van der Waals surface area contributed by atoms with Gasteiger partial charge >= 0.3 is 0 Å². The second-order valence-corrected chi connectivity index (χ2v) is 12.4. The molecule has 1 aliphatic heterocycles. The van der Waals surface area contributed by atoms with Gasteiger partial charge in [0, 0.05) is 27.4 Å². The summed E-state index contributed by atoms with van der Waals surface area (Å²) >= 11 is 2.46. The zero-order valence-corrected chi connectivity index (χ0v) is 23.9. The van der Waals surface area contributed by atoms with Gasteiger partial charge in [0.05, 0.1) is 0 Å². The number of nitrogens with zero attached hydrogens (tertiary/aromatic N) is 1. The summed E-state index contributed by atoms with van der Waals surface area (Å²) in [5, 5.41) is 0. The van der Waals surface area contributed by atoms with Gasteiger partial charge in [-0.1, -0.05) is 89.3 Å². The highest BCUT2D eigenvalue weighted by Crippen LogP contribution is 2.33. The van der Waals surface area contributed by atoms with Crippen molar-refractivity contribution < 1.29 is 9.59 Å². The number of carbonyl (C=O) groups is 2. The lowest BCUT2D eigenvalue weighted by atomic mass is 9.78. The lowest BCUT2D eigenvalue weighted by Gasteiger charge is -2.33. The van der Waals surface area contributed by atoms with Crippen LogP contribution in [0.4, 0.5) is 0 Å². The van der Waals surface area contributed by atoms with Crippen LogP contribution in [0.2, 0.25) is 0 Å². The molecule has 3 aliphatic rings. The molecule has 2 atom stereocenters. The highest BCUT2D eigenvalue weighted by molar-refractivity contribution is 14.1. The maximum atomic E-state index is 13.4. The molecule has 2 unspecified atom stereocenters. The van der Waals surface area contributed by atoms with Gasteiger partial charge in [-0.3, -0.25) is 9.59 Å². The molecule has 0 aromatic heterocycles. The molecule has 0 bridgehead atoms. The van der Waals surface area contributed by atoms with Gasteiger partial charge in [-0.25, -0.2) is 0 Å². The average molecular weight is 608 g/mol. The van der Waals surface area contributed by atoms with Crippen molar-refractivity contribution in [2.45, 2.75) is 67.6 Å². The number of likely N-dealkylation sites (tertiary alicyclic amines) is 1. The zero-order valence-electron chi connectivity index (χ0n) is 21.7. The topological polar surface area (TPSA) is 37.4 Å². The van der Waals surface area contributed by atoms with Crippen LogP contribution in [0.5, 0.6) is 0 Å². The lowest BCUT2D eigenvalue weighted by Crippen LogP contribution is -2.36. The van der Waals surface area contributed by atoms with E-state index in [1.807, 2.05) is 18.2 Å². The van der Waals surface area contributed by atoms with E-state index < -0.39 is 0 Å². The van der Waals surface area contributed by atoms with Crippen LogP contribution in [-0.4, -0.2) is 40.0 Å². The van der Waals surface area contributed by atoms with Crippen LogP contribution in [0.1, 0.15) is 89.1 Å². The molecular formula is C33H38INO2. The van der Waals surface area contributed by atoms with Crippen molar-refractivity contribution in [1.82, 2.24) is 4.90 Å². The fraction of sp³-hybridized carbons (Fsp3) is 0.455. The Morgan fingerprint density at radius 3 is 2.57 bits per heavy atom. The number of rotatable bonds is 9. The van der Waals surface area contributed by atoms with E-state index in [1.165, 1.54) is 24.0 Å². The molecule has 194 valence electrons. The number of carbonyl (C=O) groups excluding carboxylic acids is 2. The van der Waals surface area contributed by atoms with Crippen LogP contribution < -0.4 is 0 Å². The Kier molecular flexibility index (Phi) is 9.09. The number of hydrogen-bond acceptors (Lipinski definition) is 3. The summed E-state index contributed by atoms with van der Waals surface area (Å²) in [7, 11) is 0. The molecule has 2 aromatic carbocycles. The summed E-state index contributed by atoms with van der Waals surface area (Å²) in [6.45, 7) is 3.22. The molecule has 2 aromatic rings. The Morgan fingerprint density at radius 2 is 1.81 bits per heavy atom. The number of piperidine rings is 1. The third kappa shape index (κ3) is 6.51. The molecule has 3 nitrogen and oxygen atoms in total. The Labute approximate surface area is 235 Å². The minimum absolute atomic E-state index is 0.0773. The van der Waals surface area contributed by atoms with E-state index in [0.717, 1.165) is 74.8 Å². The Hall–Kier alpha value is -2.05. The summed E-state index contributed by atoms with van der Waals surface area (Å²) < 4.78 is 0.362. The first-order chi connectivity index (χ1) is 18.1. The van der Waals surface area contributed by atoms with Crippen LogP contribution in [0.15, 0.2) is 72.3 Å². The zero-order chi connectivity index (χ0) is 25.6. The molecule has 5 rings (SSSR count). The molecule has 1 saturated heterocycles. The van der Waals surface area contributed by atoms with Gasteiger partial charge in [0.1, 0.15) is 0 Å². The Balaban J connectivity index is 1.14. The number of alkyl halides is 1. The van der Waals surface area contributed by atoms with Crippen LogP contribution in [0.3, 0.4) is 0 Å². The van der Waals surface area contributed by atoms with Crippen molar-refractivity contribution in [3.8, 4) is 0 Å². The highest BCUT2D eigenvalue weighted by Gasteiger charge is 2.31. The van der Waals surface area contributed by atoms with Crippen molar-refractivity contribution in [2.24, 2.45) is 5.92 Å². The molecule has 1 fully saturated rings. The minimum atomic E-state index is 0.0773. The van der Waals surface area contributed by atoms with Crippen molar-refractivity contribution in [1.29, 1.82) is 0 Å². The van der Waals surface area contributed by atoms with E-state index >= 15 is 0 Å². The molecule has 0 radical (unpaired) electrons. The second kappa shape index (κ2) is 12.7. The van der Waals surface area contributed by atoms with Crippen molar-refractivity contribution in [3.05, 3.63) is 94.6 Å². The van der Waals surface area contributed by atoms with E-state index in [0.29, 0.717) is 16.3 Å². The third-order valence-corrected chi connectivity index (χ3v) is 9.86. The fourth-order valence-corrected chi connectivity index (χ4v) is 7.05. The van der Waals surface area contributed by atoms with Crippen LogP contribution in [0.25, 0.3) is 0 Å². The molecule has 2 aliphatic carbocycles. The van der Waals surface area contributed by atoms with E-state index in [4.69, 9.17) is 0 Å². The number of Topliss-reactive ketones (excluding diaryl/α,β-unsaturated/α-hetero) is 2. The number of ketones is 2. The molecule has 0 N–H and O–H groups in total. The van der Waals surface area contributed by atoms with Gasteiger partial charge < -0.3 is 4.90 Å². The predicted molar refractivity (Wildman–Crippen MR) is 160 cm³/mol. The maximum absolute atomic E-state index is 13.4. The predicted octanol–water partition coefficient (Wildman–Crippen LogP) is 7.74. The van der Waals surface area contributed by atoms with E-state index in [1.54, 1.807) is 0 Å². The molecule has 37 heavy (non-hydrogen) atoms. The molecular weight excluding hydrogens is 569 g/mol. The van der Waals surface area contributed by atoms with Gasteiger partial charge in [0.2, 0.25) is 0 Å². The first kappa shape index (κ1) is 26.6. The molecule has 0 spiro atoms. The first-order valence-corrected chi connectivity index (χ1v) is 15.3. The van der Waals surface area contributed by atoms with Crippen molar-refractivity contribution in [3.63, 3.8) is 0 Å². The summed E-state index contributed by atoms with van der Waals surface area (Å²) in [4.78, 5) is 29.2. The number of benzene rings is 2. The van der Waals surface area contributed by atoms with Gasteiger partial charge in [-0.2, -0.15) is 0 Å². The Bertz CT molecular complexity index is 1160. The molecule has 1 heterocycles. The van der Waals surface area contributed by atoms with Gasteiger partial charge in [-0.05, 0) is 93.6 Å². The smallest absolute Gasteiger partial charge is 0.166 e. The van der Waals surface area contributed by atoms with Gasteiger partial charge in [0.15, 0.2) is 11.6 Å². The molecule has 0 amide bonds. The number of allylic oxidation sites excluding steroid dienone is 4. The van der Waals surface area contributed by atoms with Crippen molar-refractivity contribution in [2.75, 3.05) is 19.6 Å².